The SMILES string of the molecule is CCC(=O)Nc1cccc(NCc2ccn(C)c2)c1C. The lowest BCUT2D eigenvalue weighted by molar-refractivity contribution is -0.115. The van der Waals surface area contributed by atoms with Gasteiger partial charge in [-0.25, -0.2) is 0 Å². The number of benzene rings is 1. The molecule has 0 radical (unpaired) electrons. The first-order chi connectivity index (χ1) is 9.60. The van der Waals surface area contributed by atoms with Crippen molar-refractivity contribution < 1.29 is 4.79 Å². The van der Waals surface area contributed by atoms with Gasteiger partial charge in [-0.1, -0.05) is 13.0 Å². The van der Waals surface area contributed by atoms with Gasteiger partial charge in [-0.2, -0.15) is 0 Å². The lowest BCUT2D eigenvalue weighted by Crippen LogP contribution is -2.11. The standard InChI is InChI=1S/C16H21N3O/c1-4-16(20)18-15-7-5-6-14(12(15)2)17-10-13-8-9-19(3)11-13/h5-9,11,17H,4,10H2,1-3H3,(H,18,20). The fourth-order valence-corrected chi connectivity index (χ4v) is 2.06. The van der Waals surface area contributed by atoms with Crippen molar-refractivity contribution in [2.45, 2.75) is 26.8 Å². The maximum absolute atomic E-state index is 11.5. The number of hydrogen-bond donors (Lipinski definition) is 2. The summed E-state index contributed by atoms with van der Waals surface area (Å²) in [6.45, 7) is 4.63. The summed E-state index contributed by atoms with van der Waals surface area (Å²) in [7, 11) is 2.01. The fraction of sp³-hybridized carbons (Fsp3) is 0.312. The van der Waals surface area contributed by atoms with Crippen LogP contribution in [0.4, 0.5) is 11.4 Å². The summed E-state index contributed by atoms with van der Waals surface area (Å²) in [4.78, 5) is 11.5. The minimum atomic E-state index is 0.0355. The molecular formula is C16H21N3O. The molecule has 0 unspecified atom stereocenters. The summed E-state index contributed by atoms with van der Waals surface area (Å²) in [5.41, 5.74) is 4.21. The summed E-state index contributed by atoms with van der Waals surface area (Å²) < 4.78 is 2.03. The summed E-state index contributed by atoms with van der Waals surface area (Å²) in [6, 6.07) is 7.99. The Hall–Kier alpha value is -2.23. The van der Waals surface area contributed by atoms with Crippen LogP contribution < -0.4 is 10.6 Å². The second-order valence-electron chi connectivity index (χ2n) is 4.92. The van der Waals surface area contributed by atoms with Crippen molar-refractivity contribution in [1.29, 1.82) is 0 Å². The number of hydrogen-bond acceptors (Lipinski definition) is 2. The molecule has 2 N–H and O–H groups in total. The molecule has 1 aromatic heterocycles. The molecule has 1 heterocycles. The van der Waals surface area contributed by atoms with E-state index in [9.17, 15) is 4.79 Å². The van der Waals surface area contributed by atoms with Crippen molar-refractivity contribution in [2.75, 3.05) is 10.6 Å². The monoisotopic (exact) mass is 271 g/mol. The van der Waals surface area contributed by atoms with E-state index < -0.39 is 0 Å². The van der Waals surface area contributed by atoms with Crippen LogP contribution in [-0.4, -0.2) is 10.5 Å². The van der Waals surface area contributed by atoms with Crippen LogP contribution in [0.3, 0.4) is 0 Å². The Bertz CT molecular complexity index is 602. The van der Waals surface area contributed by atoms with E-state index in [1.807, 2.05) is 49.9 Å². The van der Waals surface area contributed by atoms with Gasteiger partial charge in [-0.05, 0) is 36.2 Å². The maximum Gasteiger partial charge on any atom is 0.224 e. The predicted molar refractivity (Wildman–Crippen MR) is 82.8 cm³/mol. The molecule has 1 aromatic carbocycles. The third-order valence-corrected chi connectivity index (χ3v) is 3.31. The zero-order chi connectivity index (χ0) is 14.5. The second kappa shape index (κ2) is 6.28. The van der Waals surface area contributed by atoms with Crippen LogP contribution in [0.15, 0.2) is 36.7 Å². The Labute approximate surface area is 119 Å². The number of amides is 1. The van der Waals surface area contributed by atoms with Crippen LogP contribution in [0.5, 0.6) is 0 Å². The van der Waals surface area contributed by atoms with E-state index in [0.717, 1.165) is 23.5 Å². The Kier molecular flexibility index (Phi) is 4.45. The van der Waals surface area contributed by atoms with Crippen LogP contribution in [0.25, 0.3) is 0 Å². The Balaban J connectivity index is 2.08. The molecule has 0 aliphatic rings. The van der Waals surface area contributed by atoms with Gasteiger partial charge in [0, 0.05) is 43.8 Å². The van der Waals surface area contributed by atoms with E-state index in [4.69, 9.17) is 0 Å². The molecule has 4 heteroatoms. The third-order valence-electron chi connectivity index (χ3n) is 3.31. The Morgan fingerprint density at radius 1 is 1.25 bits per heavy atom. The largest absolute Gasteiger partial charge is 0.381 e. The van der Waals surface area contributed by atoms with E-state index in [1.165, 1.54) is 5.56 Å². The highest BCUT2D eigenvalue weighted by molar-refractivity contribution is 5.92. The highest BCUT2D eigenvalue weighted by Gasteiger charge is 2.06. The van der Waals surface area contributed by atoms with Crippen LogP contribution in [0.2, 0.25) is 0 Å². The molecule has 0 aliphatic carbocycles. The minimum absolute atomic E-state index is 0.0355. The van der Waals surface area contributed by atoms with E-state index in [-0.39, 0.29) is 5.91 Å². The molecule has 0 bridgehead atoms. The molecule has 0 atom stereocenters. The molecule has 2 aromatic rings. The molecule has 0 saturated heterocycles. The van der Waals surface area contributed by atoms with Crippen molar-refractivity contribution >= 4 is 17.3 Å². The lowest BCUT2D eigenvalue weighted by atomic mass is 10.1. The van der Waals surface area contributed by atoms with Gasteiger partial charge in [0.05, 0.1) is 0 Å². The van der Waals surface area contributed by atoms with Crippen molar-refractivity contribution in [3.05, 3.63) is 47.8 Å². The topological polar surface area (TPSA) is 46.1 Å². The molecule has 0 spiro atoms. The molecule has 0 saturated carbocycles. The molecule has 20 heavy (non-hydrogen) atoms. The zero-order valence-electron chi connectivity index (χ0n) is 12.2. The molecule has 1 amide bonds. The number of aromatic nitrogens is 1. The average Bonchev–Trinajstić information content (AvgIpc) is 2.85. The van der Waals surface area contributed by atoms with Crippen molar-refractivity contribution in [1.82, 2.24) is 4.57 Å². The van der Waals surface area contributed by atoms with Crippen molar-refractivity contribution in [3.63, 3.8) is 0 Å². The molecule has 0 fully saturated rings. The van der Waals surface area contributed by atoms with Crippen LogP contribution in [0, 0.1) is 6.92 Å². The van der Waals surface area contributed by atoms with Gasteiger partial charge in [0.15, 0.2) is 0 Å². The van der Waals surface area contributed by atoms with Gasteiger partial charge >= 0.3 is 0 Å². The Morgan fingerprint density at radius 2 is 2.00 bits per heavy atom. The lowest BCUT2D eigenvalue weighted by Gasteiger charge is -2.13. The van der Waals surface area contributed by atoms with Gasteiger partial charge in [-0.15, -0.1) is 0 Å². The highest BCUT2D eigenvalue weighted by Crippen LogP contribution is 2.24. The van der Waals surface area contributed by atoms with E-state index in [2.05, 4.69) is 22.9 Å². The van der Waals surface area contributed by atoms with E-state index in [1.54, 1.807) is 0 Å². The Morgan fingerprint density at radius 3 is 2.65 bits per heavy atom. The van der Waals surface area contributed by atoms with Crippen LogP contribution in [0.1, 0.15) is 24.5 Å². The summed E-state index contributed by atoms with van der Waals surface area (Å²) in [5, 5.41) is 6.33. The van der Waals surface area contributed by atoms with Gasteiger partial charge in [0.1, 0.15) is 0 Å². The molecule has 106 valence electrons. The molecule has 0 aliphatic heterocycles. The highest BCUT2D eigenvalue weighted by atomic mass is 16.1. The third kappa shape index (κ3) is 3.41. The number of anilines is 2. The van der Waals surface area contributed by atoms with E-state index >= 15 is 0 Å². The first kappa shape index (κ1) is 14.2. The number of carbonyl (C=O) groups excluding carboxylic acids is 1. The summed E-state index contributed by atoms with van der Waals surface area (Å²) in [5.74, 6) is 0.0355. The van der Waals surface area contributed by atoms with Crippen molar-refractivity contribution in [3.8, 4) is 0 Å². The van der Waals surface area contributed by atoms with Crippen LogP contribution >= 0.6 is 0 Å². The number of nitrogens with one attached hydrogen (secondary N) is 2. The minimum Gasteiger partial charge on any atom is -0.381 e. The first-order valence-corrected chi connectivity index (χ1v) is 6.84. The number of rotatable bonds is 5. The van der Waals surface area contributed by atoms with E-state index in [0.29, 0.717) is 6.42 Å². The number of aryl methyl sites for hydroxylation is 1. The molecular weight excluding hydrogens is 250 g/mol. The quantitative estimate of drug-likeness (QED) is 0.876. The maximum atomic E-state index is 11.5. The van der Waals surface area contributed by atoms with Gasteiger partial charge < -0.3 is 15.2 Å². The number of nitrogens with zero attached hydrogens (tertiary/aromatic N) is 1. The summed E-state index contributed by atoms with van der Waals surface area (Å²) in [6.07, 6.45) is 4.61. The smallest absolute Gasteiger partial charge is 0.224 e. The normalized spacial score (nSPS) is 10.3. The van der Waals surface area contributed by atoms with Gasteiger partial charge in [0.25, 0.3) is 0 Å². The second-order valence-corrected chi connectivity index (χ2v) is 4.92. The van der Waals surface area contributed by atoms with Gasteiger partial charge in [-0.3, -0.25) is 4.79 Å². The number of carbonyl (C=O) groups is 1. The van der Waals surface area contributed by atoms with Gasteiger partial charge in [0.2, 0.25) is 5.91 Å². The predicted octanol–water partition coefficient (Wildman–Crippen LogP) is 3.29. The molecule has 4 nitrogen and oxygen atoms in total. The van der Waals surface area contributed by atoms with Crippen LogP contribution in [-0.2, 0) is 18.4 Å². The first-order valence-electron chi connectivity index (χ1n) is 6.84. The summed E-state index contributed by atoms with van der Waals surface area (Å²) >= 11 is 0. The zero-order valence-corrected chi connectivity index (χ0v) is 12.2. The fourth-order valence-electron chi connectivity index (χ4n) is 2.06. The molecule has 2 rings (SSSR count). The average molecular weight is 271 g/mol. The van der Waals surface area contributed by atoms with Crippen molar-refractivity contribution in [2.24, 2.45) is 7.05 Å².